The van der Waals surface area contributed by atoms with E-state index in [0.717, 1.165) is 10.9 Å². The molecule has 0 spiro atoms. The van der Waals surface area contributed by atoms with Crippen molar-refractivity contribution in [3.8, 4) is 5.75 Å². The van der Waals surface area contributed by atoms with E-state index < -0.39 is 5.97 Å². The molecule has 3 rings (SSSR count). The monoisotopic (exact) mass is 292 g/mol. The molecule has 0 aliphatic carbocycles. The van der Waals surface area contributed by atoms with Gasteiger partial charge < -0.3 is 10.2 Å². The van der Waals surface area contributed by atoms with Gasteiger partial charge in [-0.2, -0.15) is 0 Å². The number of pyridine rings is 1. The van der Waals surface area contributed by atoms with Crippen molar-refractivity contribution in [3.63, 3.8) is 0 Å². The van der Waals surface area contributed by atoms with E-state index in [1.54, 1.807) is 6.20 Å². The molecule has 0 saturated carbocycles. The third kappa shape index (κ3) is 2.78. The van der Waals surface area contributed by atoms with Crippen molar-refractivity contribution in [2.75, 3.05) is 0 Å². The fraction of sp³-hybridized carbons (Fsp3) is 0. The van der Waals surface area contributed by atoms with E-state index in [1.165, 1.54) is 24.4 Å². The van der Waals surface area contributed by atoms with Crippen molar-refractivity contribution in [1.29, 1.82) is 0 Å². The first-order valence-electron chi connectivity index (χ1n) is 6.59. The zero-order chi connectivity index (χ0) is 15.5. The van der Waals surface area contributed by atoms with Crippen LogP contribution in [0.2, 0.25) is 0 Å². The van der Waals surface area contributed by atoms with Crippen molar-refractivity contribution in [2.24, 2.45) is 4.99 Å². The zero-order valence-electron chi connectivity index (χ0n) is 11.5. The molecule has 0 radical (unpaired) electrons. The van der Waals surface area contributed by atoms with Crippen molar-refractivity contribution in [1.82, 2.24) is 4.98 Å². The van der Waals surface area contributed by atoms with Crippen LogP contribution in [0.25, 0.3) is 10.9 Å². The fourth-order valence-electron chi connectivity index (χ4n) is 2.08. The lowest BCUT2D eigenvalue weighted by Crippen LogP contribution is -1.97. The summed E-state index contributed by atoms with van der Waals surface area (Å²) in [5.74, 6) is -1.07. The third-order valence-electron chi connectivity index (χ3n) is 3.21. The van der Waals surface area contributed by atoms with E-state index in [0.29, 0.717) is 11.3 Å². The Hall–Kier alpha value is -3.21. The lowest BCUT2D eigenvalue weighted by Gasteiger charge is -2.01. The summed E-state index contributed by atoms with van der Waals surface area (Å²) in [6.07, 6.45) is 3.17. The lowest BCUT2D eigenvalue weighted by atomic mass is 10.1. The van der Waals surface area contributed by atoms with Crippen LogP contribution >= 0.6 is 0 Å². The minimum Gasteiger partial charge on any atom is -0.507 e. The summed E-state index contributed by atoms with van der Waals surface area (Å²) >= 11 is 0. The van der Waals surface area contributed by atoms with Crippen LogP contribution in [-0.2, 0) is 0 Å². The number of phenols is 1. The number of fused-ring (bicyclic) bond motifs is 1. The second-order valence-electron chi connectivity index (χ2n) is 4.72. The zero-order valence-corrected chi connectivity index (χ0v) is 11.5. The van der Waals surface area contributed by atoms with Crippen LogP contribution < -0.4 is 0 Å². The molecule has 3 aromatic rings. The van der Waals surface area contributed by atoms with Crippen LogP contribution in [-0.4, -0.2) is 27.4 Å². The summed E-state index contributed by atoms with van der Waals surface area (Å²) in [4.78, 5) is 19.5. The minimum absolute atomic E-state index is 0.0174. The predicted octanol–water partition coefficient (Wildman–Crippen LogP) is 3.39. The van der Waals surface area contributed by atoms with Gasteiger partial charge in [-0.05, 0) is 42.5 Å². The van der Waals surface area contributed by atoms with Crippen LogP contribution in [0.1, 0.15) is 15.9 Å². The molecule has 108 valence electrons. The highest BCUT2D eigenvalue weighted by atomic mass is 16.4. The molecule has 0 aliphatic heterocycles. The molecule has 0 unspecified atom stereocenters. The number of carboxylic acid groups (broad SMARTS) is 1. The summed E-state index contributed by atoms with van der Waals surface area (Å²) in [6, 6.07) is 13.4. The maximum atomic E-state index is 11.0. The van der Waals surface area contributed by atoms with Crippen molar-refractivity contribution < 1.29 is 15.0 Å². The van der Waals surface area contributed by atoms with Gasteiger partial charge in [0.05, 0.1) is 16.8 Å². The standard InChI is InChI=1S/C17H12N2O3/c20-16-6-3-12(17(21)22)8-13(16)10-19-14-4-5-15-11(9-14)2-1-7-18-15/h1-10,20H,(H,21,22). The van der Waals surface area contributed by atoms with E-state index >= 15 is 0 Å². The second-order valence-corrected chi connectivity index (χ2v) is 4.72. The van der Waals surface area contributed by atoms with Crippen LogP contribution in [0.3, 0.4) is 0 Å². The molecule has 1 aromatic heterocycles. The number of hydrogen-bond acceptors (Lipinski definition) is 4. The van der Waals surface area contributed by atoms with E-state index in [1.807, 2.05) is 30.3 Å². The largest absolute Gasteiger partial charge is 0.507 e. The first-order valence-corrected chi connectivity index (χ1v) is 6.59. The van der Waals surface area contributed by atoms with Gasteiger partial charge in [-0.15, -0.1) is 0 Å². The van der Waals surface area contributed by atoms with E-state index in [-0.39, 0.29) is 11.3 Å². The maximum Gasteiger partial charge on any atom is 0.335 e. The van der Waals surface area contributed by atoms with Gasteiger partial charge in [0.25, 0.3) is 0 Å². The number of carbonyl (C=O) groups is 1. The van der Waals surface area contributed by atoms with Gasteiger partial charge in [0.15, 0.2) is 0 Å². The molecule has 2 aromatic carbocycles. The predicted molar refractivity (Wildman–Crippen MR) is 84.1 cm³/mol. The molecule has 0 atom stereocenters. The van der Waals surface area contributed by atoms with E-state index in [4.69, 9.17) is 5.11 Å². The molecule has 5 heteroatoms. The number of nitrogens with zero attached hydrogens (tertiary/aromatic N) is 2. The highest BCUT2D eigenvalue weighted by Crippen LogP contribution is 2.21. The van der Waals surface area contributed by atoms with Crippen molar-refractivity contribution >= 4 is 28.8 Å². The van der Waals surface area contributed by atoms with Crippen LogP contribution in [0, 0.1) is 0 Å². The second kappa shape index (κ2) is 5.65. The molecule has 0 bridgehead atoms. The minimum atomic E-state index is -1.05. The van der Waals surface area contributed by atoms with E-state index in [2.05, 4.69) is 9.98 Å². The van der Waals surface area contributed by atoms with Gasteiger partial charge in [-0.3, -0.25) is 9.98 Å². The Morgan fingerprint density at radius 2 is 2.00 bits per heavy atom. The van der Waals surface area contributed by atoms with Gasteiger partial charge >= 0.3 is 5.97 Å². The molecule has 0 aliphatic rings. The van der Waals surface area contributed by atoms with Crippen LogP contribution in [0.4, 0.5) is 5.69 Å². The quantitative estimate of drug-likeness (QED) is 0.725. The molecule has 0 saturated heterocycles. The number of carboxylic acids is 1. The number of aliphatic imine (C=N–C) groups is 1. The number of rotatable bonds is 3. The average Bonchev–Trinajstić information content (AvgIpc) is 2.53. The summed E-state index contributed by atoms with van der Waals surface area (Å²) in [7, 11) is 0. The number of aromatic nitrogens is 1. The van der Waals surface area contributed by atoms with Crippen LogP contribution in [0.5, 0.6) is 5.75 Å². The topological polar surface area (TPSA) is 82.8 Å². The van der Waals surface area contributed by atoms with Gasteiger partial charge in [-0.25, -0.2) is 4.79 Å². The maximum absolute atomic E-state index is 11.0. The Kier molecular flexibility index (Phi) is 3.53. The molecule has 1 heterocycles. The molecule has 5 nitrogen and oxygen atoms in total. The first kappa shape index (κ1) is 13.8. The summed E-state index contributed by atoms with van der Waals surface area (Å²) < 4.78 is 0. The van der Waals surface area contributed by atoms with Gasteiger partial charge in [0.2, 0.25) is 0 Å². The Morgan fingerprint density at radius 3 is 2.82 bits per heavy atom. The number of phenolic OH excluding ortho intramolecular Hbond substituents is 1. The molecular formula is C17H12N2O3. The summed E-state index contributed by atoms with van der Waals surface area (Å²) in [5, 5.41) is 19.7. The number of aromatic carboxylic acids is 1. The fourth-order valence-corrected chi connectivity index (χ4v) is 2.08. The lowest BCUT2D eigenvalue weighted by molar-refractivity contribution is 0.0697. The van der Waals surface area contributed by atoms with Crippen molar-refractivity contribution in [3.05, 3.63) is 65.9 Å². The third-order valence-corrected chi connectivity index (χ3v) is 3.21. The van der Waals surface area contributed by atoms with Crippen molar-refractivity contribution in [2.45, 2.75) is 0 Å². The molecule has 0 amide bonds. The average molecular weight is 292 g/mol. The molecule has 22 heavy (non-hydrogen) atoms. The smallest absolute Gasteiger partial charge is 0.335 e. The summed E-state index contributed by atoms with van der Waals surface area (Å²) in [5.41, 5.74) is 2.02. The first-order chi connectivity index (χ1) is 10.6. The molecule has 2 N–H and O–H groups in total. The number of benzene rings is 2. The van der Waals surface area contributed by atoms with Gasteiger partial charge in [0, 0.05) is 23.4 Å². The highest BCUT2D eigenvalue weighted by Gasteiger charge is 2.06. The summed E-state index contributed by atoms with van der Waals surface area (Å²) in [6.45, 7) is 0. The Bertz CT molecular complexity index is 888. The van der Waals surface area contributed by atoms with Gasteiger partial charge in [0.1, 0.15) is 5.75 Å². The Morgan fingerprint density at radius 1 is 1.14 bits per heavy atom. The molecular weight excluding hydrogens is 280 g/mol. The SMILES string of the molecule is O=C(O)c1ccc(O)c(C=Nc2ccc3ncccc3c2)c1. The highest BCUT2D eigenvalue weighted by molar-refractivity contribution is 5.93. The molecule has 0 fully saturated rings. The normalized spacial score (nSPS) is 11.1. The van der Waals surface area contributed by atoms with Gasteiger partial charge in [-0.1, -0.05) is 6.07 Å². The Labute approximate surface area is 126 Å². The Balaban J connectivity index is 1.95. The number of hydrogen-bond donors (Lipinski definition) is 2. The van der Waals surface area contributed by atoms with E-state index in [9.17, 15) is 9.90 Å². The number of aromatic hydroxyl groups is 1. The van der Waals surface area contributed by atoms with Crippen LogP contribution in [0.15, 0.2) is 59.7 Å².